The fourth-order valence-electron chi connectivity index (χ4n) is 2.72. The molecule has 1 fully saturated rings. The van der Waals surface area contributed by atoms with Gasteiger partial charge in [-0.15, -0.1) is 11.3 Å². The quantitative estimate of drug-likeness (QED) is 0.805. The van der Waals surface area contributed by atoms with Crippen molar-refractivity contribution in [2.24, 2.45) is 11.8 Å². The van der Waals surface area contributed by atoms with Crippen LogP contribution in [0.1, 0.15) is 34.0 Å². The van der Waals surface area contributed by atoms with Crippen LogP contribution in [0.4, 0.5) is 0 Å². The average Bonchev–Trinajstić information content (AvgIpc) is 3.00. The van der Waals surface area contributed by atoms with Gasteiger partial charge in [0, 0.05) is 18.0 Å². The highest BCUT2D eigenvalue weighted by atomic mass is 32.1. The molecule has 5 heteroatoms. The maximum atomic E-state index is 12.5. The first kappa shape index (κ1) is 15.0. The molecule has 0 bridgehead atoms. The first-order chi connectivity index (χ1) is 9.47. The van der Waals surface area contributed by atoms with Crippen LogP contribution in [-0.4, -0.2) is 37.0 Å². The number of hydrogen-bond acceptors (Lipinski definition) is 4. The van der Waals surface area contributed by atoms with Gasteiger partial charge in [0.1, 0.15) is 0 Å². The van der Waals surface area contributed by atoms with Gasteiger partial charge in [-0.05, 0) is 30.9 Å². The normalized spacial score (nSPS) is 22.1. The highest BCUT2D eigenvalue weighted by molar-refractivity contribution is 7.14. The van der Waals surface area contributed by atoms with E-state index in [1.807, 2.05) is 19.9 Å². The molecule has 2 heterocycles. The lowest BCUT2D eigenvalue weighted by molar-refractivity contribution is -0.146. The van der Waals surface area contributed by atoms with Crippen LogP contribution in [0.15, 0.2) is 6.07 Å². The minimum absolute atomic E-state index is 0.0380. The topological polar surface area (TPSA) is 46.6 Å². The van der Waals surface area contributed by atoms with E-state index < -0.39 is 0 Å². The zero-order valence-corrected chi connectivity index (χ0v) is 13.3. The molecule has 0 N–H and O–H groups in total. The van der Waals surface area contributed by atoms with Crippen LogP contribution in [-0.2, 0) is 16.0 Å². The maximum absolute atomic E-state index is 12.5. The first-order valence-electron chi connectivity index (χ1n) is 6.94. The van der Waals surface area contributed by atoms with Crippen molar-refractivity contribution in [2.45, 2.75) is 27.2 Å². The minimum Gasteiger partial charge on any atom is -0.469 e. The fraction of sp³-hybridized carbons (Fsp3) is 0.600. The molecule has 110 valence electrons. The van der Waals surface area contributed by atoms with Crippen LogP contribution < -0.4 is 0 Å². The number of amides is 1. The number of nitrogens with zero attached hydrogens (tertiary/aromatic N) is 1. The van der Waals surface area contributed by atoms with E-state index in [1.54, 1.807) is 16.2 Å². The van der Waals surface area contributed by atoms with Crippen molar-refractivity contribution < 1.29 is 14.3 Å². The lowest BCUT2D eigenvalue weighted by atomic mass is 9.99. The molecule has 4 nitrogen and oxygen atoms in total. The van der Waals surface area contributed by atoms with E-state index in [9.17, 15) is 9.59 Å². The lowest BCUT2D eigenvalue weighted by Crippen LogP contribution is -2.29. The van der Waals surface area contributed by atoms with Crippen LogP contribution in [0.2, 0.25) is 0 Å². The first-order valence-corrected chi connectivity index (χ1v) is 7.76. The lowest BCUT2D eigenvalue weighted by Gasteiger charge is -2.14. The highest BCUT2D eigenvalue weighted by Gasteiger charge is 2.38. The smallest absolute Gasteiger partial charge is 0.310 e. The SMILES string of the molecule is CCc1sc(C(=O)N2CC(C)C(C(=O)OC)C2)cc1C. The van der Waals surface area contributed by atoms with Crippen molar-refractivity contribution in [3.05, 3.63) is 21.4 Å². The number of esters is 1. The van der Waals surface area contributed by atoms with E-state index in [1.165, 1.54) is 17.6 Å². The van der Waals surface area contributed by atoms with E-state index in [2.05, 4.69) is 6.92 Å². The summed E-state index contributed by atoms with van der Waals surface area (Å²) >= 11 is 1.56. The number of aryl methyl sites for hydroxylation is 2. The summed E-state index contributed by atoms with van der Waals surface area (Å²) in [6.45, 7) is 7.21. The predicted octanol–water partition coefficient (Wildman–Crippen LogP) is 2.50. The van der Waals surface area contributed by atoms with Gasteiger partial charge < -0.3 is 9.64 Å². The van der Waals surface area contributed by atoms with Crippen LogP contribution in [0.5, 0.6) is 0 Å². The summed E-state index contributed by atoms with van der Waals surface area (Å²) in [6.07, 6.45) is 0.949. The number of ether oxygens (including phenoxy) is 1. The number of methoxy groups -OCH3 is 1. The highest BCUT2D eigenvalue weighted by Crippen LogP contribution is 2.29. The fourth-order valence-corrected chi connectivity index (χ4v) is 3.80. The average molecular weight is 295 g/mol. The van der Waals surface area contributed by atoms with Gasteiger partial charge in [0.15, 0.2) is 0 Å². The zero-order chi connectivity index (χ0) is 14.9. The molecule has 1 saturated heterocycles. The standard InChI is InChI=1S/C15H21NO3S/c1-5-12-9(2)6-13(20-12)14(17)16-7-10(3)11(8-16)15(18)19-4/h6,10-11H,5,7-8H2,1-4H3. The molecule has 1 aliphatic heterocycles. The van der Waals surface area contributed by atoms with E-state index in [0.717, 1.165) is 11.3 Å². The van der Waals surface area contributed by atoms with Crippen molar-refractivity contribution in [1.29, 1.82) is 0 Å². The third-order valence-electron chi connectivity index (χ3n) is 3.96. The summed E-state index contributed by atoms with van der Waals surface area (Å²) in [6, 6.07) is 1.96. The maximum Gasteiger partial charge on any atom is 0.310 e. The molecule has 2 rings (SSSR count). The second-order valence-electron chi connectivity index (χ2n) is 5.39. The molecule has 1 aromatic heterocycles. The van der Waals surface area contributed by atoms with Gasteiger partial charge in [-0.25, -0.2) is 0 Å². The van der Waals surface area contributed by atoms with E-state index in [0.29, 0.717) is 13.1 Å². The summed E-state index contributed by atoms with van der Waals surface area (Å²) in [7, 11) is 1.40. The van der Waals surface area contributed by atoms with Crippen LogP contribution >= 0.6 is 11.3 Å². The molecular weight excluding hydrogens is 274 g/mol. The summed E-state index contributed by atoms with van der Waals surface area (Å²) in [5.41, 5.74) is 1.18. The van der Waals surface area contributed by atoms with Crippen molar-refractivity contribution in [3.8, 4) is 0 Å². The molecule has 0 aromatic carbocycles. The van der Waals surface area contributed by atoms with Crippen LogP contribution in [0, 0.1) is 18.8 Å². The molecule has 2 unspecified atom stereocenters. The number of likely N-dealkylation sites (tertiary alicyclic amines) is 1. The summed E-state index contributed by atoms with van der Waals surface area (Å²) < 4.78 is 4.80. The second kappa shape index (κ2) is 5.95. The summed E-state index contributed by atoms with van der Waals surface area (Å²) in [5.74, 6) is -0.228. The van der Waals surface area contributed by atoms with Crippen LogP contribution in [0.3, 0.4) is 0 Å². The van der Waals surface area contributed by atoms with Gasteiger partial charge in [0.2, 0.25) is 0 Å². The molecule has 1 amide bonds. The Morgan fingerprint density at radius 1 is 1.45 bits per heavy atom. The third kappa shape index (κ3) is 2.73. The number of carbonyl (C=O) groups excluding carboxylic acids is 2. The van der Waals surface area contributed by atoms with Crippen molar-refractivity contribution >= 4 is 23.2 Å². The molecule has 0 spiro atoms. The van der Waals surface area contributed by atoms with Crippen molar-refractivity contribution in [2.75, 3.05) is 20.2 Å². The van der Waals surface area contributed by atoms with Gasteiger partial charge in [0.05, 0.1) is 17.9 Å². The van der Waals surface area contributed by atoms with Crippen LogP contribution in [0.25, 0.3) is 0 Å². The van der Waals surface area contributed by atoms with Crippen molar-refractivity contribution in [3.63, 3.8) is 0 Å². The Bertz CT molecular complexity index is 523. The largest absolute Gasteiger partial charge is 0.469 e. The van der Waals surface area contributed by atoms with Gasteiger partial charge in [0.25, 0.3) is 5.91 Å². The number of rotatable bonds is 3. The Hall–Kier alpha value is -1.36. The second-order valence-corrected chi connectivity index (χ2v) is 6.52. The molecule has 1 aromatic rings. The molecule has 0 saturated carbocycles. The monoisotopic (exact) mass is 295 g/mol. The molecular formula is C15H21NO3S. The zero-order valence-electron chi connectivity index (χ0n) is 12.4. The Morgan fingerprint density at radius 2 is 2.15 bits per heavy atom. The molecule has 20 heavy (non-hydrogen) atoms. The Kier molecular flexibility index (Phi) is 4.48. The third-order valence-corrected chi connectivity index (χ3v) is 5.33. The molecule has 0 aliphatic carbocycles. The van der Waals surface area contributed by atoms with E-state index in [4.69, 9.17) is 4.74 Å². The Labute approximate surface area is 123 Å². The number of carbonyl (C=O) groups is 2. The minimum atomic E-state index is -0.218. The molecule has 1 aliphatic rings. The Balaban J connectivity index is 2.12. The summed E-state index contributed by atoms with van der Waals surface area (Å²) in [5, 5.41) is 0. The predicted molar refractivity (Wildman–Crippen MR) is 79.0 cm³/mol. The number of hydrogen-bond donors (Lipinski definition) is 0. The Morgan fingerprint density at radius 3 is 2.70 bits per heavy atom. The van der Waals surface area contributed by atoms with Gasteiger partial charge >= 0.3 is 5.97 Å². The number of thiophene rings is 1. The van der Waals surface area contributed by atoms with Gasteiger partial charge in [-0.3, -0.25) is 9.59 Å². The molecule has 0 radical (unpaired) electrons. The van der Waals surface area contributed by atoms with Gasteiger partial charge in [-0.2, -0.15) is 0 Å². The van der Waals surface area contributed by atoms with Gasteiger partial charge in [-0.1, -0.05) is 13.8 Å². The summed E-state index contributed by atoms with van der Waals surface area (Å²) in [4.78, 5) is 28.0. The van der Waals surface area contributed by atoms with E-state index >= 15 is 0 Å². The molecule has 2 atom stereocenters. The van der Waals surface area contributed by atoms with E-state index in [-0.39, 0.29) is 23.7 Å². The van der Waals surface area contributed by atoms with Crippen molar-refractivity contribution in [1.82, 2.24) is 4.90 Å².